The van der Waals surface area contributed by atoms with Gasteiger partial charge >= 0.3 is 5.97 Å². The molecular weight excluding hydrogens is 432 g/mol. The highest BCUT2D eigenvalue weighted by Crippen LogP contribution is 2.22. The van der Waals surface area contributed by atoms with Crippen molar-refractivity contribution in [3.63, 3.8) is 0 Å². The van der Waals surface area contributed by atoms with Crippen molar-refractivity contribution in [3.05, 3.63) is 83.3 Å². The Morgan fingerprint density at radius 3 is 2.38 bits per heavy atom. The molecule has 0 saturated heterocycles. The summed E-state index contributed by atoms with van der Waals surface area (Å²) in [7, 11) is -2.71. The minimum absolute atomic E-state index is 0.0753. The Labute approximate surface area is 186 Å². The third kappa shape index (κ3) is 5.24. The minimum Gasteiger partial charge on any atom is -0.468 e. The first kappa shape index (κ1) is 23.2. The molecule has 0 spiro atoms. The van der Waals surface area contributed by atoms with Gasteiger partial charge in [-0.3, -0.25) is 4.79 Å². The van der Waals surface area contributed by atoms with Gasteiger partial charge in [0.15, 0.2) is 0 Å². The largest absolute Gasteiger partial charge is 0.468 e. The fourth-order valence-corrected chi connectivity index (χ4v) is 4.48. The summed E-state index contributed by atoms with van der Waals surface area (Å²) in [5.74, 6) is -0.685. The van der Waals surface area contributed by atoms with Gasteiger partial charge in [0.05, 0.1) is 36.9 Å². The number of nitrogens with zero attached hydrogens (tertiary/aromatic N) is 1. The highest BCUT2D eigenvalue weighted by atomic mass is 32.2. The molecule has 1 N–H and O–H groups in total. The highest BCUT2D eigenvalue weighted by molar-refractivity contribution is 7.89. The summed E-state index contributed by atoms with van der Waals surface area (Å²) in [6.07, 6.45) is 1.44. The van der Waals surface area contributed by atoms with E-state index in [1.165, 1.54) is 25.5 Å². The number of hydrogen-bond acceptors (Lipinski definition) is 6. The van der Waals surface area contributed by atoms with Crippen LogP contribution in [0, 0.1) is 13.8 Å². The molecule has 2 aromatic carbocycles. The molecule has 0 saturated carbocycles. The van der Waals surface area contributed by atoms with Crippen molar-refractivity contribution < 1.29 is 27.2 Å². The molecule has 1 aromatic heterocycles. The SMILES string of the molecule is COC(=O)c1cccc(NC(=O)CN(Cc2ccco2)S(=O)(=O)c2ccc(C)cc2)c1C. The normalized spacial score (nSPS) is 11.4. The van der Waals surface area contributed by atoms with E-state index in [9.17, 15) is 18.0 Å². The van der Waals surface area contributed by atoms with Gasteiger partial charge in [0.25, 0.3) is 0 Å². The number of aryl methyl sites for hydroxylation is 1. The van der Waals surface area contributed by atoms with Crippen LogP contribution in [0.1, 0.15) is 27.2 Å². The van der Waals surface area contributed by atoms with Gasteiger partial charge in [-0.15, -0.1) is 0 Å². The Hall–Kier alpha value is -3.43. The topological polar surface area (TPSA) is 106 Å². The number of nitrogens with one attached hydrogen (secondary N) is 1. The molecule has 9 heteroatoms. The quantitative estimate of drug-likeness (QED) is 0.520. The first-order valence-electron chi connectivity index (χ1n) is 9.79. The predicted molar refractivity (Wildman–Crippen MR) is 119 cm³/mol. The third-order valence-electron chi connectivity index (χ3n) is 4.90. The van der Waals surface area contributed by atoms with Crippen LogP contribution in [0.15, 0.2) is 70.2 Å². The molecule has 1 heterocycles. The Morgan fingerprint density at radius 2 is 1.75 bits per heavy atom. The minimum atomic E-state index is -3.98. The molecule has 8 nitrogen and oxygen atoms in total. The van der Waals surface area contributed by atoms with E-state index in [2.05, 4.69) is 5.32 Å². The lowest BCUT2D eigenvalue weighted by atomic mass is 10.1. The van der Waals surface area contributed by atoms with Gasteiger partial charge in [-0.2, -0.15) is 4.31 Å². The van der Waals surface area contributed by atoms with E-state index in [1.807, 2.05) is 6.92 Å². The average Bonchev–Trinajstić information content (AvgIpc) is 3.28. The van der Waals surface area contributed by atoms with E-state index in [0.717, 1.165) is 9.87 Å². The van der Waals surface area contributed by atoms with Crippen LogP contribution >= 0.6 is 0 Å². The maximum absolute atomic E-state index is 13.3. The molecule has 0 bridgehead atoms. The molecule has 0 aliphatic heterocycles. The first-order valence-corrected chi connectivity index (χ1v) is 11.2. The molecule has 0 unspecified atom stereocenters. The molecular formula is C23H24N2O6S. The number of carbonyl (C=O) groups is 2. The molecule has 168 valence electrons. The van der Waals surface area contributed by atoms with Gasteiger partial charge in [0.2, 0.25) is 15.9 Å². The molecule has 0 fully saturated rings. The predicted octanol–water partition coefficient (Wildman–Crippen LogP) is 3.51. The maximum Gasteiger partial charge on any atom is 0.338 e. The number of methoxy groups -OCH3 is 1. The van der Waals surface area contributed by atoms with Gasteiger partial charge in [-0.1, -0.05) is 23.8 Å². The van der Waals surface area contributed by atoms with E-state index in [1.54, 1.807) is 49.4 Å². The molecule has 0 radical (unpaired) electrons. The van der Waals surface area contributed by atoms with Gasteiger partial charge in [0.1, 0.15) is 5.76 Å². The van der Waals surface area contributed by atoms with Crippen LogP contribution in [-0.4, -0.2) is 38.3 Å². The van der Waals surface area contributed by atoms with Crippen molar-refractivity contribution in [1.29, 1.82) is 0 Å². The average molecular weight is 457 g/mol. The smallest absolute Gasteiger partial charge is 0.338 e. The number of furan rings is 1. The third-order valence-corrected chi connectivity index (χ3v) is 6.71. The molecule has 0 aliphatic carbocycles. The van der Waals surface area contributed by atoms with E-state index in [-0.39, 0.29) is 11.4 Å². The number of sulfonamides is 1. The van der Waals surface area contributed by atoms with Gasteiger partial charge < -0.3 is 14.5 Å². The molecule has 32 heavy (non-hydrogen) atoms. The van der Waals surface area contributed by atoms with Gasteiger partial charge in [0, 0.05) is 5.69 Å². The second kappa shape index (κ2) is 9.80. The summed E-state index contributed by atoms with van der Waals surface area (Å²) in [6.45, 7) is 2.97. The lowest BCUT2D eigenvalue weighted by molar-refractivity contribution is -0.116. The summed E-state index contributed by atoms with van der Waals surface area (Å²) in [5.41, 5.74) is 2.14. The van der Waals surface area contributed by atoms with Crippen molar-refractivity contribution >= 4 is 27.6 Å². The standard InChI is InChI=1S/C23H24N2O6S/c1-16-9-11-19(12-10-16)32(28,29)25(14-18-6-5-13-31-18)15-22(26)24-21-8-4-7-20(17(21)2)23(27)30-3/h4-13H,14-15H2,1-3H3,(H,24,26). The number of rotatable bonds is 8. The summed E-state index contributed by atoms with van der Waals surface area (Å²) in [5, 5.41) is 2.69. The van der Waals surface area contributed by atoms with E-state index in [0.29, 0.717) is 22.6 Å². The van der Waals surface area contributed by atoms with Crippen molar-refractivity contribution in [3.8, 4) is 0 Å². The Bertz CT molecular complexity index is 1200. The highest BCUT2D eigenvalue weighted by Gasteiger charge is 2.28. The Morgan fingerprint density at radius 1 is 1.03 bits per heavy atom. The first-order chi connectivity index (χ1) is 15.2. The van der Waals surface area contributed by atoms with E-state index >= 15 is 0 Å². The number of benzene rings is 2. The van der Waals surface area contributed by atoms with Crippen LogP contribution in [0.4, 0.5) is 5.69 Å². The maximum atomic E-state index is 13.3. The number of hydrogen-bond donors (Lipinski definition) is 1. The molecule has 1 amide bonds. The van der Waals surface area contributed by atoms with Gasteiger partial charge in [-0.05, 0) is 55.8 Å². The zero-order valence-electron chi connectivity index (χ0n) is 18.0. The number of anilines is 1. The molecule has 0 atom stereocenters. The fraction of sp³-hybridized carbons (Fsp3) is 0.217. The van der Waals surface area contributed by atoms with Crippen LogP contribution in [-0.2, 0) is 26.1 Å². The lowest BCUT2D eigenvalue weighted by Crippen LogP contribution is -2.37. The van der Waals surface area contributed by atoms with Crippen LogP contribution in [0.2, 0.25) is 0 Å². The van der Waals surface area contributed by atoms with Crippen LogP contribution in [0.25, 0.3) is 0 Å². The van der Waals surface area contributed by atoms with Crippen LogP contribution in [0.5, 0.6) is 0 Å². The fourth-order valence-electron chi connectivity index (χ4n) is 3.11. The van der Waals surface area contributed by atoms with Crippen LogP contribution in [0.3, 0.4) is 0 Å². The lowest BCUT2D eigenvalue weighted by Gasteiger charge is -2.21. The van der Waals surface area contributed by atoms with E-state index in [4.69, 9.17) is 9.15 Å². The second-order valence-electron chi connectivity index (χ2n) is 7.18. The summed E-state index contributed by atoms with van der Waals surface area (Å²) in [6, 6.07) is 14.5. The van der Waals surface area contributed by atoms with Crippen molar-refractivity contribution in [2.45, 2.75) is 25.3 Å². The zero-order valence-corrected chi connectivity index (χ0v) is 18.8. The second-order valence-corrected chi connectivity index (χ2v) is 9.12. The number of carbonyl (C=O) groups excluding carboxylic acids is 2. The molecule has 0 aliphatic rings. The van der Waals surface area contributed by atoms with Gasteiger partial charge in [-0.25, -0.2) is 13.2 Å². The summed E-state index contributed by atoms with van der Waals surface area (Å²) in [4.78, 5) is 24.8. The summed E-state index contributed by atoms with van der Waals surface area (Å²) < 4.78 is 37.6. The Balaban J connectivity index is 1.86. The van der Waals surface area contributed by atoms with Crippen molar-refractivity contribution in [2.24, 2.45) is 0 Å². The Kier molecular flexibility index (Phi) is 7.12. The molecule has 3 rings (SSSR count). The monoisotopic (exact) mass is 456 g/mol. The molecule has 3 aromatic rings. The van der Waals surface area contributed by atoms with E-state index < -0.39 is 28.4 Å². The number of ether oxygens (including phenoxy) is 1. The number of esters is 1. The van der Waals surface area contributed by atoms with Crippen LogP contribution < -0.4 is 5.32 Å². The van der Waals surface area contributed by atoms with Crippen molar-refractivity contribution in [2.75, 3.05) is 19.0 Å². The summed E-state index contributed by atoms with van der Waals surface area (Å²) >= 11 is 0. The zero-order chi connectivity index (χ0) is 23.3. The van der Waals surface area contributed by atoms with Crippen molar-refractivity contribution in [1.82, 2.24) is 4.31 Å². The number of amides is 1.